The van der Waals surface area contributed by atoms with Crippen LogP contribution in [0.5, 0.6) is 17.2 Å². The van der Waals surface area contributed by atoms with E-state index in [1.165, 1.54) is 12.1 Å². The average Bonchev–Trinajstić information content (AvgIpc) is 2.43. The number of aliphatic hydroxyl groups is 2. The minimum absolute atomic E-state index is 0.177. The third-order valence-electron chi connectivity index (χ3n) is 2.25. The predicted octanol–water partition coefficient (Wildman–Crippen LogP) is 1.40. The summed E-state index contributed by atoms with van der Waals surface area (Å²) in [6, 6.07) is 12.8. The van der Waals surface area contributed by atoms with Crippen LogP contribution in [0.1, 0.15) is 11.9 Å². The number of rotatable bonds is 3. The topological polar surface area (TPSA) is 69.9 Å². The van der Waals surface area contributed by atoms with Gasteiger partial charge in [0.25, 0.3) is 0 Å². The second-order valence-corrected chi connectivity index (χ2v) is 4.52. The summed E-state index contributed by atoms with van der Waals surface area (Å²) in [6.07, 6.45) is -1.47. The molecule has 2 aromatic rings. The third-order valence-corrected chi connectivity index (χ3v) is 2.25. The van der Waals surface area contributed by atoms with Crippen LogP contribution in [-0.4, -0.2) is 24.8 Å². The first-order chi connectivity index (χ1) is 9.56. The van der Waals surface area contributed by atoms with E-state index in [9.17, 15) is 0 Å². The first-order valence-corrected chi connectivity index (χ1v) is 8.50. The normalized spacial score (nSPS) is 10.2. The number of ether oxygens (including phenoxy) is 1. The molecule has 4 nitrogen and oxygen atoms in total. The van der Waals surface area contributed by atoms with Crippen molar-refractivity contribution in [2.75, 3.05) is 0 Å². The summed E-state index contributed by atoms with van der Waals surface area (Å²) < 4.78 is 15.1. The zero-order valence-corrected chi connectivity index (χ0v) is 13.1. The van der Waals surface area contributed by atoms with Gasteiger partial charge in [-0.05, 0) is 36.4 Å². The summed E-state index contributed by atoms with van der Waals surface area (Å²) in [5.41, 5.74) is 0.406. The van der Waals surface area contributed by atoms with Crippen molar-refractivity contribution in [2.24, 2.45) is 0 Å². The van der Waals surface area contributed by atoms with Gasteiger partial charge >= 0.3 is 30.8 Å². The Morgan fingerprint density at radius 2 is 1.25 bits per heavy atom. The number of aromatic hydroxyl groups is 1. The van der Waals surface area contributed by atoms with Gasteiger partial charge < -0.3 is 20.1 Å². The average molecular weight is 345 g/mol. The van der Waals surface area contributed by atoms with Crippen LogP contribution < -0.4 is 4.74 Å². The molecule has 0 aliphatic heterocycles. The van der Waals surface area contributed by atoms with Gasteiger partial charge in [0, 0.05) is 5.56 Å². The molecule has 2 rings (SSSR count). The number of hydrogen-bond acceptors (Lipinski definition) is 4. The monoisotopic (exact) mass is 344 g/mol. The molecule has 0 heterocycles. The summed E-state index contributed by atoms with van der Waals surface area (Å²) in [5.74, 6) is 1.36. The molecule has 0 aliphatic rings. The van der Waals surface area contributed by atoms with E-state index in [2.05, 4.69) is 0 Å². The minimum atomic E-state index is -1.47. The third kappa shape index (κ3) is 5.95. The Morgan fingerprint density at radius 1 is 0.850 bits per heavy atom. The van der Waals surface area contributed by atoms with Crippen molar-refractivity contribution in [2.45, 2.75) is 6.29 Å². The molecule has 0 atom stereocenters. The second-order valence-electron chi connectivity index (χ2n) is 3.71. The molecule has 0 saturated carbocycles. The van der Waals surface area contributed by atoms with E-state index in [4.69, 9.17) is 29.5 Å². The first-order valence-electron chi connectivity index (χ1n) is 5.66. The van der Waals surface area contributed by atoms with Gasteiger partial charge in [-0.2, -0.15) is 0 Å². The molecular formula is C13H12B2O4Zr. The molecule has 20 heavy (non-hydrogen) atoms. The van der Waals surface area contributed by atoms with Crippen LogP contribution in [-0.2, 0) is 21.3 Å². The van der Waals surface area contributed by atoms with Crippen molar-refractivity contribution in [3.8, 4) is 17.2 Å². The quantitative estimate of drug-likeness (QED) is 0.581. The zero-order valence-electron chi connectivity index (χ0n) is 10.6. The van der Waals surface area contributed by atoms with Gasteiger partial charge in [0.05, 0.1) is 0 Å². The molecule has 3 N–H and O–H groups in total. The van der Waals surface area contributed by atoms with Gasteiger partial charge in [0.1, 0.15) is 17.2 Å². The van der Waals surface area contributed by atoms with Crippen LogP contribution in [0.25, 0.3) is 0 Å². The van der Waals surface area contributed by atoms with Crippen LogP contribution in [0.4, 0.5) is 0 Å². The fraction of sp³-hybridized carbons (Fsp3) is 0.0769. The Kier molecular flexibility index (Phi) is 7.67. The van der Waals surface area contributed by atoms with Gasteiger partial charge in [-0.15, -0.1) is 0 Å². The van der Waals surface area contributed by atoms with Crippen molar-refractivity contribution in [1.82, 2.24) is 0 Å². The number of aliphatic hydroxyl groups excluding tert-OH is 1. The van der Waals surface area contributed by atoms with E-state index < -0.39 is 27.6 Å². The van der Waals surface area contributed by atoms with Gasteiger partial charge in [0.15, 0.2) is 6.29 Å². The molecule has 2 aromatic carbocycles. The van der Waals surface area contributed by atoms with Crippen molar-refractivity contribution in [3.63, 3.8) is 0 Å². The van der Waals surface area contributed by atoms with Gasteiger partial charge in [-0.1, -0.05) is 12.1 Å². The van der Waals surface area contributed by atoms with E-state index in [0.717, 1.165) is 0 Å². The van der Waals surface area contributed by atoms with Crippen LogP contribution >= 0.6 is 0 Å². The van der Waals surface area contributed by atoms with E-state index in [1.807, 2.05) is 0 Å². The first kappa shape index (κ1) is 17.0. The van der Waals surface area contributed by atoms with Crippen LogP contribution in [0.3, 0.4) is 0 Å². The fourth-order valence-electron chi connectivity index (χ4n) is 1.36. The number of phenolic OH excluding ortho intramolecular Hbond substituents is 1. The molecule has 0 aromatic heterocycles. The van der Waals surface area contributed by atoms with Crippen molar-refractivity contribution in [3.05, 3.63) is 54.1 Å². The van der Waals surface area contributed by atoms with E-state index >= 15 is 0 Å². The van der Waals surface area contributed by atoms with Crippen LogP contribution in [0.2, 0.25) is 0 Å². The van der Waals surface area contributed by atoms with Crippen LogP contribution in [0, 0.1) is 0 Å². The Labute approximate surface area is 128 Å². The molecule has 0 bridgehead atoms. The molecule has 98 valence electrons. The summed E-state index contributed by atoms with van der Waals surface area (Å²) in [4.78, 5) is 0. The Balaban J connectivity index is 0.000000612. The molecule has 0 radical (unpaired) electrons. The molecule has 0 aliphatic carbocycles. The Hall–Kier alpha value is -1.03. The van der Waals surface area contributed by atoms with E-state index in [0.29, 0.717) is 17.1 Å². The van der Waals surface area contributed by atoms with E-state index in [-0.39, 0.29) is 5.75 Å². The molecule has 7 heteroatoms. The van der Waals surface area contributed by atoms with Crippen molar-refractivity contribution in [1.29, 1.82) is 0 Å². The summed E-state index contributed by atoms with van der Waals surface area (Å²) >= 11 is -0.770. The second kappa shape index (κ2) is 9.01. The molecule has 0 fully saturated rings. The molecular weight excluding hydrogens is 333 g/mol. The van der Waals surface area contributed by atoms with Crippen LogP contribution in [0.15, 0.2) is 48.5 Å². The predicted molar refractivity (Wildman–Crippen MR) is 73.3 cm³/mol. The van der Waals surface area contributed by atoms with Crippen molar-refractivity contribution >= 4 is 9.45 Å². The van der Waals surface area contributed by atoms with Crippen molar-refractivity contribution < 1.29 is 41.4 Å². The molecule has 0 spiro atoms. The summed E-state index contributed by atoms with van der Waals surface area (Å²) in [5, 5.41) is 27.0. The SMILES string of the molecule is Oc1ccc(Oc2ccc(C(O)O)cc2)cc1.[B]#[Zr]#[B]. The Morgan fingerprint density at radius 3 is 1.65 bits per heavy atom. The fourth-order valence-corrected chi connectivity index (χ4v) is 1.36. The number of phenols is 1. The maximum absolute atomic E-state index is 9.11. The number of benzene rings is 2. The summed E-state index contributed by atoms with van der Waals surface area (Å²) in [7, 11) is 0. The van der Waals surface area contributed by atoms with Gasteiger partial charge in [-0.3, -0.25) is 0 Å². The molecule has 0 amide bonds. The van der Waals surface area contributed by atoms with Gasteiger partial charge in [-0.25, -0.2) is 0 Å². The maximum atomic E-state index is 9.11. The van der Waals surface area contributed by atoms with E-state index in [1.54, 1.807) is 36.4 Å². The van der Waals surface area contributed by atoms with Gasteiger partial charge in [0.2, 0.25) is 0 Å². The standard InChI is InChI=1S/C13H12O4.2B.Zr/c14-10-3-7-12(8-4-10)17-11-5-1-9(2-6-11)13(15)16;;;/h1-8,13-16H;;;. The Bertz CT molecular complexity index is 661. The molecule has 0 saturated heterocycles. The molecule has 0 unspecified atom stereocenters. The zero-order chi connectivity index (χ0) is 15.0. The number of hydrogen-bond donors (Lipinski definition) is 3. The summed E-state index contributed by atoms with van der Waals surface area (Å²) in [6.45, 7) is 0.